The van der Waals surface area contributed by atoms with Crippen LogP contribution in [0.3, 0.4) is 0 Å². The topological polar surface area (TPSA) is 36.4 Å². The summed E-state index contributed by atoms with van der Waals surface area (Å²) in [5.41, 5.74) is 1.75. The molecule has 5 heteroatoms. The van der Waals surface area contributed by atoms with Gasteiger partial charge in [-0.1, -0.05) is 18.1 Å². The average Bonchev–Trinajstić information content (AvgIpc) is 2.39. The molecule has 1 aromatic heterocycles. The Morgan fingerprint density at radius 3 is 2.70 bits per heavy atom. The summed E-state index contributed by atoms with van der Waals surface area (Å²) < 4.78 is 0. The highest BCUT2D eigenvalue weighted by molar-refractivity contribution is 5.87. The molecule has 1 heterocycles. The molecule has 2 rings (SSSR count). The monoisotopic (exact) mass is 312 g/mol. The van der Waals surface area contributed by atoms with Crippen molar-refractivity contribution in [3.8, 4) is 18.1 Å². The second-order valence-electron chi connectivity index (χ2n) is 4.37. The minimum absolute atomic E-state index is 0. The van der Waals surface area contributed by atoms with Gasteiger partial charge in [0.15, 0.2) is 0 Å². The number of halogens is 2. The van der Waals surface area contributed by atoms with Crippen molar-refractivity contribution >= 4 is 35.7 Å². The number of pyridine rings is 1. The second kappa shape index (κ2) is 7.96. The van der Waals surface area contributed by atoms with Crippen LogP contribution >= 0.6 is 24.8 Å². The standard InChI is InChI=1S/C15H16N2O.2ClH/c1-4-10-17(3)11(2)12-7-8-14(18)15-13(12)6-5-9-16-15;;/h1,5-9,11,18H,10H2,2-3H3;2*1H. The fraction of sp³-hybridized carbons (Fsp3) is 0.267. The first-order chi connectivity index (χ1) is 8.65. The number of benzene rings is 1. The highest BCUT2D eigenvalue weighted by Crippen LogP contribution is 2.31. The van der Waals surface area contributed by atoms with E-state index in [1.54, 1.807) is 12.3 Å². The van der Waals surface area contributed by atoms with Gasteiger partial charge in [0.25, 0.3) is 0 Å². The lowest BCUT2D eigenvalue weighted by molar-refractivity contribution is 0.295. The number of aromatic nitrogens is 1. The van der Waals surface area contributed by atoms with E-state index in [-0.39, 0.29) is 36.6 Å². The molecule has 0 saturated heterocycles. The minimum Gasteiger partial charge on any atom is -0.506 e. The van der Waals surface area contributed by atoms with Gasteiger partial charge in [-0.3, -0.25) is 9.88 Å². The molecule has 0 spiro atoms. The number of fused-ring (bicyclic) bond motifs is 1. The number of hydrogen-bond acceptors (Lipinski definition) is 3. The van der Waals surface area contributed by atoms with E-state index < -0.39 is 0 Å². The molecule has 0 amide bonds. The van der Waals surface area contributed by atoms with Gasteiger partial charge in [-0.05, 0) is 31.7 Å². The molecule has 0 aliphatic heterocycles. The minimum atomic E-state index is 0. The van der Waals surface area contributed by atoms with Gasteiger partial charge in [-0.2, -0.15) is 0 Å². The number of terminal acetylenes is 1. The van der Waals surface area contributed by atoms with E-state index in [1.807, 2.05) is 25.2 Å². The van der Waals surface area contributed by atoms with Crippen molar-refractivity contribution in [2.75, 3.05) is 13.6 Å². The molecule has 0 saturated carbocycles. The molecule has 1 unspecified atom stereocenters. The summed E-state index contributed by atoms with van der Waals surface area (Å²) in [7, 11) is 1.99. The predicted octanol–water partition coefficient (Wildman–Crippen LogP) is 3.41. The van der Waals surface area contributed by atoms with Gasteiger partial charge in [0.1, 0.15) is 11.3 Å². The second-order valence-corrected chi connectivity index (χ2v) is 4.37. The number of phenolic OH excluding ortho intramolecular Hbond substituents is 1. The van der Waals surface area contributed by atoms with Gasteiger partial charge in [0.05, 0.1) is 6.54 Å². The van der Waals surface area contributed by atoms with E-state index in [0.29, 0.717) is 12.1 Å². The molecule has 2 aromatic rings. The summed E-state index contributed by atoms with van der Waals surface area (Å²) in [6, 6.07) is 7.63. The summed E-state index contributed by atoms with van der Waals surface area (Å²) in [5, 5.41) is 10.8. The third kappa shape index (κ3) is 3.55. The van der Waals surface area contributed by atoms with Crippen molar-refractivity contribution in [1.82, 2.24) is 9.88 Å². The SMILES string of the molecule is C#CCN(C)C(C)c1ccc(O)c2ncccc12.Cl.Cl. The van der Waals surface area contributed by atoms with Gasteiger partial charge in [0, 0.05) is 17.6 Å². The van der Waals surface area contributed by atoms with Crippen LogP contribution in [-0.2, 0) is 0 Å². The largest absolute Gasteiger partial charge is 0.506 e. The van der Waals surface area contributed by atoms with Crippen molar-refractivity contribution in [3.63, 3.8) is 0 Å². The molecule has 0 radical (unpaired) electrons. The zero-order valence-electron chi connectivity index (χ0n) is 11.4. The molecule has 0 aliphatic carbocycles. The molecule has 20 heavy (non-hydrogen) atoms. The third-order valence-electron chi connectivity index (χ3n) is 3.23. The lowest BCUT2D eigenvalue weighted by atomic mass is 10.0. The third-order valence-corrected chi connectivity index (χ3v) is 3.23. The molecule has 3 nitrogen and oxygen atoms in total. The first kappa shape index (κ1) is 18.5. The first-order valence-corrected chi connectivity index (χ1v) is 5.85. The van der Waals surface area contributed by atoms with Crippen LogP contribution in [0.2, 0.25) is 0 Å². The summed E-state index contributed by atoms with van der Waals surface area (Å²) in [6.45, 7) is 2.68. The molecule has 0 bridgehead atoms. The highest BCUT2D eigenvalue weighted by Gasteiger charge is 2.15. The quantitative estimate of drug-likeness (QED) is 0.882. The Kier molecular flexibility index (Phi) is 7.38. The molecule has 0 fully saturated rings. The van der Waals surface area contributed by atoms with Gasteiger partial charge in [-0.25, -0.2) is 0 Å². The number of phenols is 1. The molecule has 1 aromatic carbocycles. The molecular weight excluding hydrogens is 295 g/mol. The van der Waals surface area contributed by atoms with E-state index in [0.717, 1.165) is 10.9 Å². The lowest BCUT2D eigenvalue weighted by Crippen LogP contribution is -2.22. The van der Waals surface area contributed by atoms with Crippen molar-refractivity contribution in [2.24, 2.45) is 0 Å². The van der Waals surface area contributed by atoms with E-state index in [4.69, 9.17) is 6.42 Å². The maximum Gasteiger partial charge on any atom is 0.141 e. The average molecular weight is 313 g/mol. The number of hydrogen-bond donors (Lipinski definition) is 1. The van der Waals surface area contributed by atoms with Gasteiger partial charge in [0.2, 0.25) is 0 Å². The van der Waals surface area contributed by atoms with Crippen LogP contribution in [0.15, 0.2) is 30.5 Å². The molecule has 0 aliphatic rings. The Morgan fingerprint density at radius 2 is 2.05 bits per heavy atom. The van der Waals surface area contributed by atoms with Crippen molar-refractivity contribution in [2.45, 2.75) is 13.0 Å². The summed E-state index contributed by atoms with van der Waals surface area (Å²) >= 11 is 0. The zero-order chi connectivity index (χ0) is 13.1. The Bertz CT molecular complexity index is 610. The fourth-order valence-electron chi connectivity index (χ4n) is 2.06. The van der Waals surface area contributed by atoms with Gasteiger partial charge < -0.3 is 5.11 Å². The summed E-state index contributed by atoms with van der Waals surface area (Å²) in [4.78, 5) is 6.30. The van der Waals surface area contributed by atoms with Crippen LogP contribution in [0, 0.1) is 12.3 Å². The van der Waals surface area contributed by atoms with E-state index in [1.165, 1.54) is 0 Å². The smallest absolute Gasteiger partial charge is 0.141 e. The zero-order valence-corrected chi connectivity index (χ0v) is 13.0. The summed E-state index contributed by atoms with van der Waals surface area (Å²) in [6.07, 6.45) is 7.02. The number of aromatic hydroxyl groups is 1. The van der Waals surface area contributed by atoms with Crippen molar-refractivity contribution in [3.05, 3.63) is 36.0 Å². The van der Waals surface area contributed by atoms with Gasteiger partial charge >= 0.3 is 0 Å². The van der Waals surface area contributed by atoms with Crippen LogP contribution in [0.1, 0.15) is 18.5 Å². The maximum absolute atomic E-state index is 9.81. The molecule has 1 atom stereocenters. The lowest BCUT2D eigenvalue weighted by Gasteiger charge is -2.24. The van der Waals surface area contributed by atoms with E-state index in [2.05, 4.69) is 22.7 Å². The van der Waals surface area contributed by atoms with Crippen LogP contribution in [-0.4, -0.2) is 28.6 Å². The first-order valence-electron chi connectivity index (χ1n) is 5.85. The normalized spacial score (nSPS) is 11.3. The van der Waals surface area contributed by atoms with Crippen LogP contribution in [0.4, 0.5) is 0 Å². The van der Waals surface area contributed by atoms with E-state index in [9.17, 15) is 5.11 Å². The molecule has 1 N–H and O–H groups in total. The molecular formula is C15H18Cl2N2O. The Labute approximate surface area is 131 Å². The van der Waals surface area contributed by atoms with E-state index >= 15 is 0 Å². The number of nitrogens with zero attached hydrogens (tertiary/aromatic N) is 2. The Balaban J connectivity index is 0.00000180. The van der Waals surface area contributed by atoms with Crippen LogP contribution in [0.25, 0.3) is 10.9 Å². The number of rotatable bonds is 3. The Morgan fingerprint density at radius 1 is 1.35 bits per heavy atom. The maximum atomic E-state index is 9.81. The molecule has 108 valence electrons. The van der Waals surface area contributed by atoms with Crippen molar-refractivity contribution in [1.29, 1.82) is 0 Å². The summed E-state index contributed by atoms with van der Waals surface area (Å²) in [5.74, 6) is 2.85. The predicted molar refractivity (Wildman–Crippen MR) is 87.8 cm³/mol. The van der Waals surface area contributed by atoms with Crippen LogP contribution < -0.4 is 0 Å². The van der Waals surface area contributed by atoms with Crippen molar-refractivity contribution < 1.29 is 5.11 Å². The highest BCUT2D eigenvalue weighted by atomic mass is 35.5. The van der Waals surface area contributed by atoms with Crippen LogP contribution in [0.5, 0.6) is 5.75 Å². The fourth-order valence-corrected chi connectivity index (χ4v) is 2.06. The Hall–Kier alpha value is -1.47. The van der Waals surface area contributed by atoms with Gasteiger partial charge in [-0.15, -0.1) is 31.2 Å².